The number of amides is 3. The summed E-state index contributed by atoms with van der Waals surface area (Å²) in [6.45, 7) is 3.99. The summed E-state index contributed by atoms with van der Waals surface area (Å²) in [4.78, 5) is 50.9. The number of carbonyl (C=O) groups is 4. The molecular formula is C33H41ClFN3O6. The van der Waals surface area contributed by atoms with Gasteiger partial charge in [-0.3, -0.25) is 24.8 Å². The van der Waals surface area contributed by atoms with Crippen molar-refractivity contribution >= 4 is 35.5 Å². The minimum atomic E-state index is -0.987. The number of aliphatic carboxylic acids is 1. The molecule has 0 unspecified atom stereocenters. The van der Waals surface area contributed by atoms with E-state index in [4.69, 9.17) is 21.4 Å². The molecular weight excluding hydrogens is 589 g/mol. The van der Waals surface area contributed by atoms with Crippen molar-refractivity contribution in [3.05, 3.63) is 70.5 Å². The Kier molecular flexibility index (Phi) is 11.2. The monoisotopic (exact) mass is 629 g/mol. The topological polar surface area (TPSA) is 125 Å². The van der Waals surface area contributed by atoms with Crippen LogP contribution in [0.5, 0.6) is 0 Å². The fourth-order valence-corrected chi connectivity index (χ4v) is 6.43. The Morgan fingerprint density at radius 1 is 1.09 bits per heavy atom. The number of hydrogen-bond donors (Lipinski definition) is 3. The highest BCUT2D eigenvalue weighted by molar-refractivity contribution is 6.30. The Bertz CT molecular complexity index is 1350. The molecule has 3 amide bonds. The summed E-state index contributed by atoms with van der Waals surface area (Å²) in [5, 5.41) is 13.5. The van der Waals surface area contributed by atoms with Gasteiger partial charge in [0.2, 0.25) is 5.91 Å². The molecule has 0 spiro atoms. The second-order valence-corrected chi connectivity index (χ2v) is 12.8. The molecule has 4 rings (SSSR count). The van der Waals surface area contributed by atoms with Crippen LogP contribution < -0.4 is 10.7 Å². The maximum absolute atomic E-state index is 14.3. The molecule has 1 aliphatic carbocycles. The number of carbonyl (C=O) groups excluding carboxylic acids is 3. The van der Waals surface area contributed by atoms with Gasteiger partial charge in [-0.05, 0) is 60.6 Å². The van der Waals surface area contributed by atoms with Gasteiger partial charge in [0.25, 0.3) is 5.91 Å². The molecule has 3 atom stereocenters. The molecule has 44 heavy (non-hydrogen) atoms. The van der Waals surface area contributed by atoms with Crippen molar-refractivity contribution in [2.75, 3.05) is 6.54 Å². The van der Waals surface area contributed by atoms with Gasteiger partial charge in [-0.15, -0.1) is 0 Å². The van der Waals surface area contributed by atoms with Crippen molar-refractivity contribution < 1.29 is 33.4 Å². The van der Waals surface area contributed by atoms with Crippen LogP contribution in [0.4, 0.5) is 9.18 Å². The fraction of sp³-hybridized carbons (Fsp3) is 0.515. The van der Waals surface area contributed by atoms with Gasteiger partial charge in [0.15, 0.2) is 0 Å². The molecule has 2 aliphatic rings. The number of rotatable bonds is 12. The molecule has 11 heteroatoms. The van der Waals surface area contributed by atoms with Crippen LogP contribution in [0.1, 0.15) is 88.9 Å². The zero-order chi connectivity index (χ0) is 31.9. The number of ether oxygens (including phenoxy) is 1. The molecule has 0 radical (unpaired) electrons. The van der Waals surface area contributed by atoms with E-state index in [9.17, 15) is 23.6 Å². The third kappa shape index (κ3) is 8.71. The molecule has 2 fully saturated rings. The van der Waals surface area contributed by atoms with E-state index in [0.717, 1.165) is 37.7 Å². The molecule has 0 bridgehead atoms. The summed E-state index contributed by atoms with van der Waals surface area (Å²) >= 11 is 6.27. The average molecular weight is 630 g/mol. The van der Waals surface area contributed by atoms with E-state index in [1.807, 2.05) is 19.9 Å². The third-order valence-electron chi connectivity index (χ3n) is 8.77. The number of benzene rings is 2. The molecule has 0 aromatic heterocycles. The second kappa shape index (κ2) is 14.9. The molecule has 2 aromatic rings. The smallest absolute Gasteiger partial charge is 0.408 e. The lowest BCUT2D eigenvalue weighted by Crippen LogP contribution is -2.54. The van der Waals surface area contributed by atoms with E-state index < -0.39 is 47.3 Å². The number of halogens is 2. The van der Waals surface area contributed by atoms with Crippen LogP contribution in [-0.4, -0.2) is 46.6 Å². The number of nitrogens with one attached hydrogen (secondary N) is 2. The molecule has 1 saturated heterocycles. The van der Waals surface area contributed by atoms with E-state index in [-0.39, 0.29) is 31.2 Å². The van der Waals surface area contributed by atoms with Crippen LogP contribution in [-0.2, 0) is 24.5 Å². The van der Waals surface area contributed by atoms with Crippen molar-refractivity contribution in [1.29, 1.82) is 0 Å². The van der Waals surface area contributed by atoms with Crippen LogP contribution in [0.25, 0.3) is 0 Å². The molecule has 3 N–H and O–H groups in total. The number of carboxylic acids is 1. The average Bonchev–Trinajstić information content (AvgIpc) is 3.33. The molecule has 1 saturated carbocycles. The normalized spacial score (nSPS) is 18.9. The van der Waals surface area contributed by atoms with E-state index in [1.165, 1.54) is 17.1 Å². The zero-order valence-electron chi connectivity index (χ0n) is 25.2. The summed E-state index contributed by atoms with van der Waals surface area (Å²) in [6, 6.07) is 12.0. The SMILES string of the molecule is CC(C)(c1cccc(Cl)c1)[C@@H](OC(=O)N[C@@H](CC1CCCCC1)C(=O)NN1CC[C@H](CCC(=O)O)C1=O)c1cccc(F)c1. The summed E-state index contributed by atoms with van der Waals surface area (Å²) in [7, 11) is 0. The zero-order valence-corrected chi connectivity index (χ0v) is 25.9. The lowest BCUT2D eigenvalue weighted by atomic mass is 9.76. The van der Waals surface area contributed by atoms with Gasteiger partial charge in [-0.2, -0.15) is 0 Å². The van der Waals surface area contributed by atoms with Crippen LogP contribution >= 0.6 is 11.6 Å². The third-order valence-corrected chi connectivity index (χ3v) is 9.01. The van der Waals surface area contributed by atoms with Gasteiger partial charge >= 0.3 is 12.1 Å². The lowest BCUT2D eigenvalue weighted by molar-refractivity contribution is -0.142. The molecule has 9 nitrogen and oxygen atoms in total. The van der Waals surface area contributed by atoms with E-state index in [2.05, 4.69) is 10.7 Å². The minimum absolute atomic E-state index is 0.131. The Morgan fingerprint density at radius 2 is 1.82 bits per heavy atom. The van der Waals surface area contributed by atoms with Gasteiger partial charge in [0, 0.05) is 29.3 Å². The minimum Gasteiger partial charge on any atom is -0.481 e. The maximum atomic E-state index is 14.3. The predicted octanol–water partition coefficient (Wildman–Crippen LogP) is 6.31. The first-order valence-electron chi connectivity index (χ1n) is 15.3. The molecule has 1 aliphatic heterocycles. The number of hydrazine groups is 1. The van der Waals surface area contributed by atoms with Crippen molar-refractivity contribution in [1.82, 2.24) is 15.8 Å². The van der Waals surface area contributed by atoms with Gasteiger partial charge in [-0.1, -0.05) is 81.8 Å². The fourth-order valence-electron chi connectivity index (χ4n) is 6.24. The van der Waals surface area contributed by atoms with Crippen LogP contribution in [0.2, 0.25) is 5.02 Å². The van der Waals surface area contributed by atoms with Gasteiger partial charge in [0.05, 0.1) is 0 Å². The highest BCUT2D eigenvalue weighted by Gasteiger charge is 2.38. The predicted molar refractivity (Wildman–Crippen MR) is 163 cm³/mol. The summed E-state index contributed by atoms with van der Waals surface area (Å²) in [5.74, 6) is -2.62. The Labute approximate surface area is 262 Å². The number of hydrogen-bond acceptors (Lipinski definition) is 5. The lowest BCUT2D eigenvalue weighted by Gasteiger charge is -2.35. The van der Waals surface area contributed by atoms with Crippen molar-refractivity contribution in [2.45, 2.75) is 89.2 Å². The van der Waals surface area contributed by atoms with Crippen LogP contribution in [0, 0.1) is 17.7 Å². The maximum Gasteiger partial charge on any atom is 0.408 e. The summed E-state index contributed by atoms with van der Waals surface area (Å²) in [6.07, 6.45) is 4.12. The summed E-state index contributed by atoms with van der Waals surface area (Å²) in [5.41, 5.74) is 3.03. The number of nitrogens with zero attached hydrogens (tertiary/aromatic N) is 1. The molecule has 2 aromatic carbocycles. The van der Waals surface area contributed by atoms with E-state index in [1.54, 1.807) is 30.3 Å². The van der Waals surface area contributed by atoms with E-state index >= 15 is 0 Å². The largest absolute Gasteiger partial charge is 0.481 e. The molecule has 238 valence electrons. The Balaban J connectivity index is 1.52. The summed E-state index contributed by atoms with van der Waals surface area (Å²) < 4.78 is 20.4. The number of alkyl carbamates (subject to hydrolysis) is 1. The first-order chi connectivity index (χ1) is 20.9. The highest BCUT2D eigenvalue weighted by atomic mass is 35.5. The van der Waals surface area contributed by atoms with Gasteiger partial charge < -0.3 is 15.2 Å². The molecule has 1 heterocycles. The highest BCUT2D eigenvalue weighted by Crippen LogP contribution is 2.40. The second-order valence-electron chi connectivity index (χ2n) is 12.4. The van der Waals surface area contributed by atoms with Crippen LogP contribution in [0.15, 0.2) is 48.5 Å². The first-order valence-corrected chi connectivity index (χ1v) is 15.6. The van der Waals surface area contributed by atoms with E-state index in [0.29, 0.717) is 23.4 Å². The standard InChI is InChI=1S/C33H41ClFN3O6/c1-33(2,24-11-7-12-25(34)20-24)29(23-10-6-13-26(35)19-23)44-32(43)36-27(18-21-8-4-3-5-9-21)30(41)37-38-17-16-22(31(38)42)14-15-28(39)40/h6-7,10-13,19-22,27,29H,3-5,8-9,14-18H2,1-2H3,(H,36,43)(H,37,41)(H,39,40)/t22-,27-,29-/m0/s1. The first kappa shape index (κ1) is 33.2. The van der Waals surface area contributed by atoms with Crippen LogP contribution in [0.3, 0.4) is 0 Å². The van der Waals surface area contributed by atoms with Crippen molar-refractivity contribution in [2.24, 2.45) is 11.8 Å². The van der Waals surface area contributed by atoms with Gasteiger partial charge in [-0.25, -0.2) is 9.18 Å². The number of carboxylic acid groups (broad SMARTS) is 1. The van der Waals surface area contributed by atoms with Gasteiger partial charge in [0.1, 0.15) is 18.0 Å². The Morgan fingerprint density at radius 3 is 2.50 bits per heavy atom. The van der Waals surface area contributed by atoms with Crippen molar-refractivity contribution in [3.63, 3.8) is 0 Å². The Hall–Kier alpha value is -3.66. The quantitative estimate of drug-likeness (QED) is 0.253. The van der Waals surface area contributed by atoms with Crippen molar-refractivity contribution in [3.8, 4) is 0 Å².